The quantitative estimate of drug-likeness (QED) is 0.833. The third-order valence-corrected chi connectivity index (χ3v) is 3.96. The molecule has 1 unspecified atom stereocenters. The summed E-state index contributed by atoms with van der Waals surface area (Å²) >= 11 is 6.89. The number of nitrogens with two attached hydrogens (primary N) is 1. The van der Waals surface area contributed by atoms with Gasteiger partial charge in [-0.3, -0.25) is 4.79 Å². The van der Waals surface area contributed by atoms with E-state index in [0.29, 0.717) is 6.42 Å². The summed E-state index contributed by atoms with van der Waals surface area (Å²) < 4.78 is 1.69. The second kappa shape index (κ2) is 6.17. The maximum Gasteiger partial charge on any atom is 0.244 e. The maximum absolute atomic E-state index is 12.1. The molecule has 18 heavy (non-hydrogen) atoms. The molecular weight excluding hydrogens is 360 g/mol. The molecule has 1 aromatic carbocycles. The molecule has 0 saturated carbocycles. The Kier molecular flexibility index (Phi) is 5.37. The summed E-state index contributed by atoms with van der Waals surface area (Å²) in [6.07, 6.45) is 1.52. The molecule has 0 spiro atoms. The summed E-state index contributed by atoms with van der Waals surface area (Å²) in [5.41, 5.74) is 6.99. The Bertz CT molecular complexity index is 435. The molecule has 0 heterocycles. The molecule has 0 fully saturated rings. The number of carbonyl (C=O) groups is 1. The van der Waals surface area contributed by atoms with E-state index in [4.69, 9.17) is 5.73 Å². The van der Waals surface area contributed by atoms with E-state index in [1.54, 1.807) is 6.92 Å². The minimum Gasteiger partial charge on any atom is -0.323 e. The van der Waals surface area contributed by atoms with Crippen molar-refractivity contribution in [2.45, 2.75) is 39.2 Å². The zero-order valence-corrected chi connectivity index (χ0v) is 14.0. The standard InChI is InChI=1S/C13H18Br2N2O/c1-4-5-13(3,16)12(18)17-11-9(14)6-8(2)7-10(11)15/h6-7H,4-5,16H2,1-3H3,(H,17,18). The molecule has 5 heteroatoms. The van der Waals surface area contributed by atoms with Crippen molar-refractivity contribution in [2.24, 2.45) is 5.73 Å². The average Bonchev–Trinajstić information content (AvgIpc) is 2.22. The summed E-state index contributed by atoms with van der Waals surface area (Å²) in [6, 6.07) is 3.90. The number of carbonyl (C=O) groups excluding carboxylic acids is 1. The van der Waals surface area contributed by atoms with Crippen molar-refractivity contribution in [1.29, 1.82) is 0 Å². The van der Waals surface area contributed by atoms with Crippen molar-refractivity contribution in [2.75, 3.05) is 5.32 Å². The van der Waals surface area contributed by atoms with Crippen LogP contribution in [0.15, 0.2) is 21.1 Å². The Hall–Kier alpha value is -0.390. The molecule has 0 radical (unpaired) electrons. The average molecular weight is 378 g/mol. The lowest BCUT2D eigenvalue weighted by Crippen LogP contribution is -2.48. The van der Waals surface area contributed by atoms with Crippen molar-refractivity contribution in [3.8, 4) is 0 Å². The third kappa shape index (κ3) is 3.80. The minimum atomic E-state index is -0.849. The Morgan fingerprint density at radius 3 is 2.33 bits per heavy atom. The number of aryl methyl sites for hydroxylation is 1. The second-order valence-electron chi connectivity index (χ2n) is 4.73. The van der Waals surface area contributed by atoms with E-state index in [0.717, 1.165) is 26.6 Å². The molecule has 0 saturated heterocycles. The third-order valence-electron chi connectivity index (χ3n) is 2.71. The highest BCUT2D eigenvalue weighted by Gasteiger charge is 2.28. The van der Waals surface area contributed by atoms with Gasteiger partial charge in [0.25, 0.3) is 0 Å². The van der Waals surface area contributed by atoms with E-state index >= 15 is 0 Å². The highest BCUT2D eigenvalue weighted by molar-refractivity contribution is 9.11. The van der Waals surface area contributed by atoms with E-state index in [2.05, 4.69) is 37.2 Å². The van der Waals surface area contributed by atoms with Crippen LogP contribution in [0.25, 0.3) is 0 Å². The Labute approximate surface area is 125 Å². The number of anilines is 1. The summed E-state index contributed by atoms with van der Waals surface area (Å²) in [7, 11) is 0. The lowest BCUT2D eigenvalue weighted by Gasteiger charge is -2.23. The van der Waals surface area contributed by atoms with Gasteiger partial charge in [-0.05, 0) is 69.8 Å². The van der Waals surface area contributed by atoms with Crippen molar-refractivity contribution in [3.05, 3.63) is 26.6 Å². The van der Waals surface area contributed by atoms with Crippen LogP contribution in [0.1, 0.15) is 32.3 Å². The zero-order valence-electron chi connectivity index (χ0n) is 10.8. The molecular formula is C13H18Br2N2O. The largest absolute Gasteiger partial charge is 0.323 e. The van der Waals surface area contributed by atoms with Gasteiger partial charge in [0, 0.05) is 8.95 Å². The maximum atomic E-state index is 12.1. The molecule has 3 N–H and O–H groups in total. The number of rotatable bonds is 4. The number of hydrogen-bond acceptors (Lipinski definition) is 2. The lowest BCUT2D eigenvalue weighted by atomic mass is 9.96. The summed E-state index contributed by atoms with van der Waals surface area (Å²) in [5.74, 6) is -0.172. The van der Waals surface area contributed by atoms with E-state index in [-0.39, 0.29) is 5.91 Å². The van der Waals surface area contributed by atoms with Crippen LogP contribution in [-0.4, -0.2) is 11.4 Å². The minimum absolute atomic E-state index is 0.172. The van der Waals surface area contributed by atoms with E-state index in [1.807, 2.05) is 26.0 Å². The number of amides is 1. The summed E-state index contributed by atoms with van der Waals surface area (Å²) in [6.45, 7) is 5.75. The molecule has 1 amide bonds. The van der Waals surface area contributed by atoms with E-state index in [9.17, 15) is 4.79 Å². The van der Waals surface area contributed by atoms with Gasteiger partial charge in [-0.15, -0.1) is 0 Å². The molecule has 1 aromatic rings. The van der Waals surface area contributed by atoms with E-state index in [1.165, 1.54) is 0 Å². The summed E-state index contributed by atoms with van der Waals surface area (Å²) in [5, 5.41) is 2.87. The molecule has 0 aliphatic carbocycles. The highest BCUT2D eigenvalue weighted by atomic mass is 79.9. The molecule has 3 nitrogen and oxygen atoms in total. The number of nitrogens with one attached hydrogen (secondary N) is 1. The van der Waals surface area contributed by atoms with Crippen LogP contribution in [0, 0.1) is 6.92 Å². The van der Waals surface area contributed by atoms with Gasteiger partial charge in [-0.2, -0.15) is 0 Å². The Morgan fingerprint density at radius 2 is 1.89 bits per heavy atom. The number of hydrogen-bond donors (Lipinski definition) is 2. The Morgan fingerprint density at radius 1 is 1.39 bits per heavy atom. The van der Waals surface area contributed by atoms with Gasteiger partial charge in [-0.25, -0.2) is 0 Å². The molecule has 1 atom stereocenters. The number of halogens is 2. The summed E-state index contributed by atoms with van der Waals surface area (Å²) in [4.78, 5) is 12.1. The van der Waals surface area contributed by atoms with E-state index < -0.39 is 5.54 Å². The van der Waals surface area contributed by atoms with Crippen molar-refractivity contribution in [1.82, 2.24) is 0 Å². The highest BCUT2D eigenvalue weighted by Crippen LogP contribution is 2.32. The normalized spacial score (nSPS) is 14.1. The molecule has 0 aromatic heterocycles. The van der Waals surface area contributed by atoms with Crippen LogP contribution in [0.3, 0.4) is 0 Å². The van der Waals surface area contributed by atoms with Gasteiger partial charge in [0.15, 0.2) is 0 Å². The van der Waals surface area contributed by atoms with Gasteiger partial charge in [-0.1, -0.05) is 13.3 Å². The van der Waals surface area contributed by atoms with Crippen LogP contribution < -0.4 is 11.1 Å². The Balaban J connectivity index is 2.95. The smallest absolute Gasteiger partial charge is 0.244 e. The monoisotopic (exact) mass is 376 g/mol. The van der Waals surface area contributed by atoms with Crippen LogP contribution >= 0.6 is 31.9 Å². The predicted molar refractivity (Wildman–Crippen MR) is 82.7 cm³/mol. The molecule has 0 bridgehead atoms. The molecule has 0 aliphatic heterocycles. The SMILES string of the molecule is CCCC(C)(N)C(=O)Nc1c(Br)cc(C)cc1Br. The first-order valence-corrected chi connectivity index (χ1v) is 7.42. The fourth-order valence-corrected chi connectivity index (χ4v) is 3.32. The predicted octanol–water partition coefficient (Wildman–Crippen LogP) is 3.98. The second-order valence-corrected chi connectivity index (χ2v) is 6.43. The fraction of sp³-hybridized carbons (Fsp3) is 0.462. The zero-order chi connectivity index (χ0) is 13.9. The van der Waals surface area contributed by atoms with Crippen LogP contribution in [0.4, 0.5) is 5.69 Å². The topological polar surface area (TPSA) is 55.1 Å². The van der Waals surface area contributed by atoms with Gasteiger partial charge in [0.2, 0.25) is 5.91 Å². The van der Waals surface area contributed by atoms with Crippen molar-refractivity contribution in [3.63, 3.8) is 0 Å². The van der Waals surface area contributed by atoms with Gasteiger partial charge < -0.3 is 11.1 Å². The first-order chi connectivity index (χ1) is 8.27. The van der Waals surface area contributed by atoms with Gasteiger partial charge in [0.1, 0.15) is 0 Å². The lowest BCUT2D eigenvalue weighted by molar-refractivity contribution is -0.120. The molecule has 1 rings (SSSR count). The van der Waals surface area contributed by atoms with Gasteiger partial charge >= 0.3 is 0 Å². The van der Waals surface area contributed by atoms with Crippen molar-refractivity contribution < 1.29 is 4.79 Å². The fourth-order valence-electron chi connectivity index (χ4n) is 1.71. The molecule has 100 valence electrons. The van der Waals surface area contributed by atoms with Crippen LogP contribution in [-0.2, 0) is 4.79 Å². The first-order valence-electron chi connectivity index (χ1n) is 5.84. The number of benzene rings is 1. The van der Waals surface area contributed by atoms with Crippen LogP contribution in [0.5, 0.6) is 0 Å². The van der Waals surface area contributed by atoms with Crippen LogP contribution in [0.2, 0.25) is 0 Å². The first kappa shape index (κ1) is 15.7. The molecule has 0 aliphatic rings. The van der Waals surface area contributed by atoms with Crippen molar-refractivity contribution >= 4 is 43.5 Å². The van der Waals surface area contributed by atoms with Gasteiger partial charge in [0.05, 0.1) is 11.2 Å².